The van der Waals surface area contributed by atoms with E-state index in [1.807, 2.05) is 18.2 Å². The van der Waals surface area contributed by atoms with Crippen LogP contribution in [0.5, 0.6) is 0 Å². The van der Waals surface area contributed by atoms with Crippen LogP contribution in [-0.4, -0.2) is 19.5 Å². The third kappa shape index (κ3) is 5.61. The van der Waals surface area contributed by atoms with E-state index in [1.54, 1.807) is 11.3 Å². The first-order valence-electron chi connectivity index (χ1n) is 21.8. The lowest BCUT2D eigenvalue weighted by Crippen LogP contribution is -2.02. The Labute approximate surface area is 376 Å². The zero-order valence-electron chi connectivity index (χ0n) is 34.7. The van der Waals surface area contributed by atoms with E-state index in [1.165, 1.54) is 41.7 Å². The quantitative estimate of drug-likeness (QED) is 0.173. The summed E-state index contributed by atoms with van der Waals surface area (Å²) in [7, 11) is 0. The minimum Gasteiger partial charge on any atom is -0.455 e. The van der Waals surface area contributed by atoms with Crippen LogP contribution in [0.4, 0.5) is 0 Å². The molecule has 65 heavy (non-hydrogen) atoms. The van der Waals surface area contributed by atoms with Gasteiger partial charge in [-0.1, -0.05) is 133 Å². The van der Waals surface area contributed by atoms with Crippen LogP contribution in [0.3, 0.4) is 0 Å². The van der Waals surface area contributed by atoms with Gasteiger partial charge < -0.3 is 8.98 Å². The van der Waals surface area contributed by atoms with Crippen molar-refractivity contribution in [3.63, 3.8) is 0 Å². The number of para-hydroxylation sites is 1. The molecule has 0 spiro atoms. The zero-order chi connectivity index (χ0) is 42.6. The van der Waals surface area contributed by atoms with Crippen molar-refractivity contribution in [2.45, 2.75) is 0 Å². The average molecular weight is 847 g/mol. The first-order valence-corrected chi connectivity index (χ1v) is 22.7. The van der Waals surface area contributed by atoms with Crippen LogP contribution in [0.15, 0.2) is 211 Å². The molecule has 14 rings (SSSR count). The molecular weight excluding hydrogens is 813 g/mol. The van der Waals surface area contributed by atoms with Gasteiger partial charge in [-0.05, 0) is 100 Å². The Hall–Kier alpha value is -8.45. The number of rotatable bonds is 5. The monoisotopic (exact) mass is 846 g/mol. The maximum atomic E-state index is 6.80. The molecule has 4 aromatic heterocycles. The summed E-state index contributed by atoms with van der Waals surface area (Å²) in [5, 5.41) is 11.6. The lowest BCUT2D eigenvalue weighted by molar-refractivity contribution is 0.673. The molecule has 14 aromatic rings. The van der Waals surface area contributed by atoms with Crippen molar-refractivity contribution in [2.24, 2.45) is 0 Å². The molecule has 302 valence electrons. The number of hydrogen-bond acceptors (Lipinski definition) is 5. The second-order valence-corrected chi connectivity index (χ2v) is 17.8. The molecule has 0 amide bonds. The van der Waals surface area contributed by atoms with Crippen molar-refractivity contribution in [1.82, 2.24) is 19.5 Å². The van der Waals surface area contributed by atoms with Crippen LogP contribution in [0.1, 0.15) is 0 Å². The molecule has 4 heterocycles. The van der Waals surface area contributed by atoms with Crippen molar-refractivity contribution >= 4 is 96.8 Å². The summed E-state index contributed by atoms with van der Waals surface area (Å²) < 4.78 is 11.7. The third-order valence-electron chi connectivity index (χ3n) is 13.0. The predicted octanol–water partition coefficient (Wildman–Crippen LogP) is 16.2. The summed E-state index contributed by atoms with van der Waals surface area (Å²) in [6.45, 7) is 0. The standard InChI is InChI=1S/C59H34N4OS/c1-2-14-36(15-3-1)57-60-58(39-26-30-54-49(32-39)43-20-9-11-24-53(43)65-54)62-59(61-57)45-29-27-40(63-50-22-10-8-19-42(50)48-31-37-16-4-5-17-38(37)33-51(48)63)34-47(45)44-21-12-23-52-55(44)46-28-25-35-13-6-7-18-41(35)56(46)64-52/h1-34H. The fraction of sp³-hybridized carbons (Fsp3) is 0. The summed E-state index contributed by atoms with van der Waals surface area (Å²) in [5.41, 5.74) is 9.80. The highest BCUT2D eigenvalue weighted by molar-refractivity contribution is 7.25. The Morgan fingerprint density at radius 1 is 0.369 bits per heavy atom. The molecule has 0 bridgehead atoms. The Morgan fingerprint density at radius 3 is 1.95 bits per heavy atom. The van der Waals surface area contributed by atoms with Gasteiger partial charge in [-0.15, -0.1) is 11.3 Å². The highest BCUT2D eigenvalue weighted by Crippen LogP contribution is 2.45. The molecule has 0 fully saturated rings. The zero-order valence-corrected chi connectivity index (χ0v) is 35.6. The lowest BCUT2D eigenvalue weighted by atomic mass is 9.93. The highest BCUT2D eigenvalue weighted by atomic mass is 32.1. The van der Waals surface area contributed by atoms with Crippen LogP contribution in [0, 0.1) is 0 Å². The Kier molecular flexibility index (Phi) is 7.79. The van der Waals surface area contributed by atoms with Gasteiger partial charge in [0.2, 0.25) is 0 Å². The van der Waals surface area contributed by atoms with Gasteiger partial charge in [0.15, 0.2) is 17.5 Å². The second-order valence-electron chi connectivity index (χ2n) is 16.7. The minimum absolute atomic E-state index is 0.592. The topological polar surface area (TPSA) is 56.7 Å². The number of hydrogen-bond donors (Lipinski definition) is 0. The Morgan fingerprint density at radius 2 is 1.08 bits per heavy atom. The van der Waals surface area contributed by atoms with Crippen molar-refractivity contribution < 1.29 is 4.42 Å². The third-order valence-corrected chi connectivity index (χ3v) is 14.2. The van der Waals surface area contributed by atoms with Gasteiger partial charge in [-0.2, -0.15) is 0 Å². The van der Waals surface area contributed by atoms with Gasteiger partial charge in [-0.3, -0.25) is 0 Å². The summed E-state index contributed by atoms with van der Waals surface area (Å²) >= 11 is 1.81. The molecule has 10 aromatic carbocycles. The van der Waals surface area contributed by atoms with Gasteiger partial charge in [0, 0.05) is 69.5 Å². The smallest absolute Gasteiger partial charge is 0.164 e. The fourth-order valence-corrected chi connectivity index (χ4v) is 11.1. The molecule has 0 N–H and O–H groups in total. The molecule has 0 aliphatic heterocycles. The van der Waals surface area contributed by atoms with E-state index in [-0.39, 0.29) is 0 Å². The molecule has 0 unspecified atom stereocenters. The van der Waals surface area contributed by atoms with E-state index in [4.69, 9.17) is 19.4 Å². The van der Waals surface area contributed by atoms with Crippen molar-refractivity contribution in [3.8, 4) is 51.0 Å². The van der Waals surface area contributed by atoms with Crippen LogP contribution in [0.2, 0.25) is 0 Å². The van der Waals surface area contributed by atoms with Crippen molar-refractivity contribution in [3.05, 3.63) is 206 Å². The summed E-state index contributed by atoms with van der Waals surface area (Å²) in [4.78, 5) is 15.9. The normalized spacial score (nSPS) is 12.0. The first-order chi connectivity index (χ1) is 32.2. The van der Waals surface area contributed by atoms with Crippen LogP contribution >= 0.6 is 11.3 Å². The maximum Gasteiger partial charge on any atom is 0.164 e. The lowest BCUT2D eigenvalue weighted by Gasteiger charge is -2.16. The molecule has 6 heteroatoms. The van der Waals surface area contributed by atoms with E-state index in [9.17, 15) is 0 Å². The van der Waals surface area contributed by atoms with E-state index < -0.39 is 0 Å². The molecule has 5 nitrogen and oxygen atoms in total. The van der Waals surface area contributed by atoms with Crippen LogP contribution < -0.4 is 0 Å². The van der Waals surface area contributed by atoms with Crippen molar-refractivity contribution in [2.75, 3.05) is 0 Å². The Balaban J connectivity index is 1.07. The molecule has 0 atom stereocenters. The number of fused-ring (bicyclic) bond motifs is 12. The van der Waals surface area contributed by atoms with Crippen LogP contribution in [-0.2, 0) is 0 Å². The van der Waals surface area contributed by atoms with Gasteiger partial charge >= 0.3 is 0 Å². The number of nitrogens with zero attached hydrogens (tertiary/aromatic N) is 4. The van der Waals surface area contributed by atoms with Crippen molar-refractivity contribution in [1.29, 1.82) is 0 Å². The van der Waals surface area contributed by atoms with Crippen LogP contribution in [0.25, 0.3) is 136 Å². The molecule has 0 radical (unpaired) electrons. The predicted molar refractivity (Wildman–Crippen MR) is 271 cm³/mol. The van der Waals surface area contributed by atoms with E-state index >= 15 is 0 Å². The largest absolute Gasteiger partial charge is 0.455 e. The summed E-state index contributed by atoms with van der Waals surface area (Å²) in [6, 6.07) is 73.3. The molecular formula is C59H34N4OS. The van der Waals surface area contributed by atoms with Gasteiger partial charge in [0.25, 0.3) is 0 Å². The number of furan rings is 1. The SMILES string of the molecule is c1ccc(-c2nc(-c3ccc4sc5ccccc5c4c3)nc(-c3ccc(-n4c5ccccc5c5cc6ccccc6cc54)cc3-c3cccc4oc5c6ccccc6ccc5c34)n2)cc1. The van der Waals surface area contributed by atoms with E-state index in [0.717, 1.165) is 77.2 Å². The van der Waals surface area contributed by atoms with Gasteiger partial charge in [-0.25, -0.2) is 15.0 Å². The summed E-state index contributed by atoms with van der Waals surface area (Å²) in [5.74, 6) is 1.83. The number of benzene rings is 10. The second kappa shape index (κ2) is 14.0. The maximum absolute atomic E-state index is 6.80. The molecule has 0 aliphatic carbocycles. The average Bonchev–Trinajstić information content (AvgIpc) is 4.05. The number of thiophene rings is 1. The van der Waals surface area contributed by atoms with Gasteiger partial charge in [0.1, 0.15) is 11.2 Å². The number of aromatic nitrogens is 4. The van der Waals surface area contributed by atoms with E-state index in [2.05, 4.69) is 193 Å². The minimum atomic E-state index is 0.592. The molecule has 0 saturated carbocycles. The van der Waals surface area contributed by atoms with Gasteiger partial charge in [0.05, 0.1) is 11.0 Å². The highest BCUT2D eigenvalue weighted by Gasteiger charge is 2.23. The molecule has 0 saturated heterocycles. The molecule has 0 aliphatic rings. The summed E-state index contributed by atoms with van der Waals surface area (Å²) in [6.07, 6.45) is 0. The Bertz CT molecular complexity index is 4260. The first kappa shape index (κ1) is 36.1. The fourth-order valence-electron chi connectivity index (χ4n) is 10.0. The van der Waals surface area contributed by atoms with E-state index in [0.29, 0.717) is 17.5 Å².